The Labute approximate surface area is 208 Å². The van der Waals surface area contributed by atoms with Crippen molar-refractivity contribution in [1.29, 1.82) is 5.26 Å². The summed E-state index contributed by atoms with van der Waals surface area (Å²) in [6, 6.07) is 9.92. The molecule has 3 rings (SSSR count). The summed E-state index contributed by atoms with van der Waals surface area (Å²) in [7, 11) is -3.83. The molecule has 1 heterocycles. The number of hydrogen-bond donors (Lipinski definition) is 2. The van der Waals surface area contributed by atoms with E-state index in [0.717, 1.165) is 6.07 Å². The fourth-order valence-electron chi connectivity index (χ4n) is 3.42. The Kier molecular flexibility index (Phi) is 9.76. The minimum atomic E-state index is -3.83. The lowest BCUT2D eigenvalue weighted by atomic mass is 9.82. The van der Waals surface area contributed by atoms with Crippen LogP contribution in [0.2, 0.25) is 10.0 Å². The molecule has 1 aliphatic rings. The van der Waals surface area contributed by atoms with Gasteiger partial charge in [-0.15, -0.1) is 12.4 Å². The second-order valence-corrected chi connectivity index (χ2v) is 10.4. The molecule has 180 valence electrons. The highest BCUT2D eigenvalue weighted by Gasteiger charge is 2.49. The number of halogens is 4. The van der Waals surface area contributed by atoms with Gasteiger partial charge in [0.1, 0.15) is 22.5 Å². The van der Waals surface area contributed by atoms with Gasteiger partial charge in [-0.25, -0.2) is 12.8 Å². The van der Waals surface area contributed by atoms with Gasteiger partial charge in [0.15, 0.2) is 0 Å². The summed E-state index contributed by atoms with van der Waals surface area (Å²) in [4.78, 5) is -0.0273. The summed E-state index contributed by atoms with van der Waals surface area (Å²) in [6.07, 6.45) is 0.556. The second-order valence-electron chi connectivity index (χ2n) is 7.64. The monoisotopic (exact) mass is 537 g/mol. The standard InChI is InChI=1S/C21H22Cl2FN3O4S.ClH/c22-16-3-5-20(18(23)8-16)32(29,30)27-12-21(13-27,11-26-6-1-7-28)14-31-17-4-2-15(10-25)19(24)9-17;/h2-5,8-9,26,28H,1,6-7,11-14H2;1H. The number of benzene rings is 2. The van der Waals surface area contributed by atoms with Crippen LogP contribution >= 0.6 is 35.6 Å². The van der Waals surface area contributed by atoms with E-state index in [1.54, 1.807) is 6.07 Å². The third kappa shape index (κ3) is 6.49. The molecule has 2 N–H and O–H groups in total. The minimum absolute atomic E-state index is 0. The number of nitriles is 1. The molecule has 2 aromatic rings. The number of ether oxygens (including phenoxy) is 1. The Morgan fingerprint density at radius 3 is 2.58 bits per heavy atom. The largest absolute Gasteiger partial charge is 0.493 e. The molecule has 1 aliphatic heterocycles. The van der Waals surface area contributed by atoms with Crippen LogP contribution in [0.5, 0.6) is 5.75 Å². The molecule has 7 nitrogen and oxygen atoms in total. The second kappa shape index (κ2) is 11.7. The van der Waals surface area contributed by atoms with Gasteiger partial charge in [0, 0.05) is 42.7 Å². The van der Waals surface area contributed by atoms with E-state index in [2.05, 4.69) is 5.32 Å². The van der Waals surface area contributed by atoms with Gasteiger partial charge < -0.3 is 15.2 Å². The van der Waals surface area contributed by atoms with Gasteiger partial charge in [-0.3, -0.25) is 0 Å². The van der Waals surface area contributed by atoms with Crippen LogP contribution in [-0.4, -0.2) is 57.2 Å². The van der Waals surface area contributed by atoms with E-state index in [1.165, 1.54) is 34.6 Å². The summed E-state index contributed by atoms with van der Waals surface area (Å²) < 4.78 is 47.0. The zero-order valence-corrected chi connectivity index (χ0v) is 20.6. The predicted octanol–water partition coefficient (Wildman–Crippen LogP) is 3.47. The summed E-state index contributed by atoms with van der Waals surface area (Å²) in [6.45, 7) is 1.49. The van der Waals surface area contributed by atoms with Gasteiger partial charge >= 0.3 is 0 Å². The number of nitrogens with one attached hydrogen (secondary N) is 1. The Bertz CT molecular complexity index is 1120. The van der Waals surface area contributed by atoms with Crippen LogP contribution in [0.4, 0.5) is 4.39 Å². The van der Waals surface area contributed by atoms with Crippen molar-refractivity contribution in [2.24, 2.45) is 5.41 Å². The highest BCUT2D eigenvalue weighted by molar-refractivity contribution is 7.89. The lowest BCUT2D eigenvalue weighted by Gasteiger charge is -2.49. The van der Waals surface area contributed by atoms with Crippen molar-refractivity contribution in [1.82, 2.24) is 9.62 Å². The SMILES string of the molecule is Cl.N#Cc1ccc(OCC2(CNCCCO)CN(S(=O)(=O)c3ccc(Cl)cc3Cl)C2)cc1F. The molecule has 0 aromatic heterocycles. The Morgan fingerprint density at radius 2 is 1.97 bits per heavy atom. The van der Waals surface area contributed by atoms with Crippen LogP contribution in [-0.2, 0) is 10.0 Å². The van der Waals surface area contributed by atoms with Gasteiger partial charge in [0.05, 0.1) is 17.2 Å². The third-order valence-electron chi connectivity index (χ3n) is 5.15. The predicted molar refractivity (Wildman–Crippen MR) is 126 cm³/mol. The number of nitrogens with zero attached hydrogens (tertiary/aromatic N) is 2. The van der Waals surface area contributed by atoms with E-state index in [1.807, 2.05) is 0 Å². The molecule has 33 heavy (non-hydrogen) atoms. The molecule has 0 atom stereocenters. The van der Waals surface area contributed by atoms with Gasteiger partial charge in [-0.1, -0.05) is 23.2 Å². The molecule has 0 unspecified atom stereocenters. The topological polar surface area (TPSA) is 103 Å². The molecule has 12 heteroatoms. The molecule has 0 radical (unpaired) electrons. The van der Waals surface area contributed by atoms with E-state index in [0.29, 0.717) is 24.5 Å². The fourth-order valence-corrected chi connectivity index (χ4v) is 5.83. The lowest BCUT2D eigenvalue weighted by Crippen LogP contribution is -2.64. The smallest absolute Gasteiger partial charge is 0.244 e. The molecular weight excluding hydrogens is 516 g/mol. The summed E-state index contributed by atoms with van der Waals surface area (Å²) in [5.41, 5.74) is -0.648. The molecule has 0 saturated carbocycles. The molecule has 0 aliphatic carbocycles. The highest BCUT2D eigenvalue weighted by atomic mass is 35.5. The van der Waals surface area contributed by atoms with E-state index in [4.69, 9.17) is 38.3 Å². The van der Waals surface area contributed by atoms with Crippen molar-refractivity contribution >= 4 is 45.6 Å². The molecule has 1 saturated heterocycles. The lowest BCUT2D eigenvalue weighted by molar-refractivity contribution is 0.0192. The van der Waals surface area contributed by atoms with E-state index >= 15 is 0 Å². The molecule has 0 spiro atoms. The molecule has 2 aromatic carbocycles. The van der Waals surface area contributed by atoms with E-state index < -0.39 is 21.3 Å². The van der Waals surface area contributed by atoms with Gasteiger partial charge in [-0.05, 0) is 43.3 Å². The molecule has 1 fully saturated rings. The van der Waals surface area contributed by atoms with Crippen LogP contribution in [0.15, 0.2) is 41.3 Å². The maximum Gasteiger partial charge on any atom is 0.244 e. The first-order valence-electron chi connectivity index (χ1n) is 9.80. The van der Waals surface area contributed by atoms with Gasteiger partial charge in [0.2, 0.25) is 10.0 Å². The van der Waals surface area contributed by atoms with Gasteiger partial charge in [0.25, 0.3) is 0 Å². The zero-order valence-electron chi connectivity index (χ0n) is 17.4. The van der Waals surface area contributed by atoms with Crippen molar-refractivity contribution in [3.8, 4) is 11.8 Å². The average molecular weight is 539 g/mol. The van der Waals surface area contributed by atoms with E-state index in [-0.39, 0.29) is 59.9 Å². The van der Waals surface area contributed by atoms with E-state index in [9.17, 15) is 12.8 Å². The Hall–Kier alpha value is -1.64. The first-order valence-corrected chi connectivity index (χ1v) is 12.0. The van der Waals surface area contributed by atoms with Crippen molar-refractivity contribution in [3.05, 3.63) is 57.8 Å². The van der Waals surface area contributed by atoms with Crippen molar-refractivity contribution < 1.29 is 22.7 Å². The molecule has 0 amide bonds. The zero-order chi connectivity index (χ0) is 23.4. The number of aliphatic hydroxyl groups is 1. The molecule has 0 bridgehead atoms. The Morgan fingerprint density at radius 1 is 1.24 bits per heavy atom. The average Bonchev–Trinajstić information content (AvgIpc) is 2.71. The first-order chi connectivity index (χ1) is 15.2. The maximum atomic E-state index is 13.9. The quantitative estimate of drug-likeness (QED) is 0.449. The molecular formula is C21H23Cl3FN3O4S. The van der Waals surface area contributed by atoms with Gasteiger partial charge in [-0.2, -0.15) is 9.57 Å². The van der Waals surface area contributed by atoms with Crippen LogP contribution < -0.4 is 10.1 Å². The minimum Gasteiger partial charge on any atom is -0.493 e. The summed E-state index contributed by atoms with van der Waals surface area (Å²) in [5.74, 6) is -0.436. The van der Waals surface area contributed by atoms with Crippen LogP contribution in [0.1, 0.15) is 12.0 Å². The normalized spacial score (nSPS) is 15.2. The summed E-state index contributed by atoms with van der Waals surface area (Å²) >= 11 is 12.0. The van der Waals surface area contributed by atoms with Crippen LogP contribution in [0.25, 0.3) is 0 Å². The van der Waals surface area contributed by atoms with Crippen molar-refractivity contribution in [2.75, 3.05) is 39.4 Å². The van der Waals surface area contributed by atoms with Crippen LogP contribution in [0.3, 0.4) is 0 Å². The number of hydrogen-bond acceptors (Lipinski definition) is 6. The highest BCUT2D eigenvalue weighted by Crippen LogP contribution is 2.37. The first kappa shape index (κ1) is 27.6. The van der Waals surface area contributed by atoms with Crippen molar-refractivity contribution in [3.63, 3.8) is 0 Å². The number of rotatable bonds is 10. The number of aliphatic hydroxyl groups excluding tert-OH is 1. The number of sulfonamides is 1. The third-order valence-corrected chi connectivity index (χ3v) is 7.66. The Balaban J connectivity index is 0.00000385. The van der Waals surface area contributed by atoms with Crippen molar-refractivity contribution in [2.45, 2.75) is 11.3 Å². The fraction of sp³-hybridized carbons (Fsp3) is 0.381. The maximum absolute atomic E-state index is 13.9. The van der Waals surface area contributed by atoms with Crippen LogP contribution in [0, 0.1) is 22.6 Å². The summed E-state index contributed by atoms with van der Waals surface area (Å²) in [5, 5.41) is 21.4.